The summed E-state index contributed by atoms with van der Waals surface area (Å²) >= 11 is 0. The van der Waals surface area contributed by atoms with Gasteiger partial charge in [-0.25, -0.2) is 9.13 Å². The average Bonchev–Trinajstić information content (AvgIpc) is 0.897. The summed E-state index contributed by atoms with van der Waals surface area (Å²) in [5, 5.41) is 10.7. The van der Waals surface area contributed by atoms with E-state index in [0.29, 0.717) is 25.7 Å². The van der Waals surface area contributed by atoms with Gasteiger partial charge in [-0.3, -0.25) is 37.3 Å². The van der Waals surface area contributed by atoms with Gasteiger partial charge in [-0.1, -0.05) is 440 Å². The predicted molar refractivity (Wildman–Crippen MR) is 460 cm³/mol. The Balaban J connectivity index is 5.23. The summed E-state index contributed by atoms with van der Waals surface area (Å²) in [6.07, 6.45) is 74.9. The van der Waals surface area contributed by atoms with Crippen LogP contribution in [0.3, 0.4) is 0 Å². The molecular weight excluding hydrogens is 1440 g/mol. The molecule has 0 rings (SSSR count). The Morgan fingerprint density at radius 1 is 0.261 bits per heavy atom. The van der Waals surface area contributed by atoms with Gasteiger partial charge >= 0.3 is 39.5 Å². The maximum Gasteiger partial charge on any atom is 0.472 e. The number of esters is 4. The molecule has 19 heteroatoms. The highest BCUT2D eigenvalue weighted by atomic mass is 31.2. The highest BCUT2D eigenvalue weighted by Gasteiger charge is 2.31. The summed E-state index contributed by atoms with van der Waals surface area (Å²) in [6, 6.07) is 0. The third-order valence-corrected chi connectivity index (χ3v) is 23.9. The van der Waals surface area contributed by atoms with Crippen LogP contribution in [-0.4, -0.2) is 96.7 Å². The Bertz CT molecular complexity index is 2130. The first-order valence-electron chi connectivity index (χ1n) is 47.4. The zero-order valence-corrected chi connectivity index (χ0v) is 75.2. The van der Waals surface area contributed by atoms with Crippen LogP contribution in [-0.2, 0) is 65.4 Å². The normalized spacial score (nSPS) is 14.0. The van der Waals surface area contributed by atoms with Crippen LogP contribution in [0.15, 0.2) is 0 Å². The third kappa shape index (κ3) is 84.3. The van der Waals surface area contributed by atoms with Crippen molar-refractivity contribution in [2.24, 2.45) is 17.8 Å². The molecule has 0 aliphatic heterocycles. The molecule has 0 saturated heterocycles. The highest BCUT2D eigenvalue weighted by molar-refractivity contribution is 7.47. The van der Waals surface area contributed by atoms with E-state index in [2.05, 4.69) is 48.5 Å². The van der Waals surface area contributed by atoms with E-state index in [-0.39, 0.29) is 25.7 Å². The maximum absolute atomic E-state index is 13.2. The zero-order valence-electron chi connectivity index (χ0n) is 73.4. The smallest absolute Gasteiger partial charge is 0.462 e. The van der Waals surface area contributed by atoms with Crippen molar-refractivity contribution in [3.05, 3.63) is 0 Å². The third-order valence-electron chi connectivity index (χ3n) is 22.0. The molecule has 111 heavy (non-hydrogen) atoms. The molecule has 0 aliphatic carbocycles. The first kappa shape index (κ1) is 109. The lowest BCUT2D eigenvalue weighted by Gasteiger charge is -2.21. The second-order valence-electron chi connectivity index (χ2n) is 34.2. The molecule has 0 heterocycles. The standard InChI is InChI=1S/C92H180O17P2/c1-8-10-11-12-13-14-35-45-52-59-66-73-89(94)102-79-87(108-91(96)76-69-62-55-48-41-34-28-22-20-24-30-37-43-50-57-64-71-84(5)6)81-106-110(98,99)104-77-86(93)78-105-111(100,101)107-82-88(80-103-90(95)74-67-60-53-46-39-32-26-21-19-23-29-36-42-49-56-63-70-83(3)4)109-92(97)75-68-61-54-47-40-33-27-18-16-15-17-25-31-38-44-51-58-65-72-85(7)9-2/h83-88,93H,8-82H2,1-7H3,(H,98,99)(H,100,101)/t85?,86-,87+,88+/m0/s1. The molecule has 0 aliphatic rings. The van der Waals surface area contributed by atoms with Gasteiger partial charge in [-0.05, 0) is 43.4 Å². The van der Waals surface area contributed by atoms with Gasteiger partial charge in [0.05, 0.1) is 26.4 Å². The van der Waals surface area contributed by atoms with Gasteiger partial charge in [0, 0.05) is 25.7 Å². The average molecular weight is 1620 g/mol. The van der Waals surface area contributed by atoms with Crippen molar-refractivity contribution in [2.45, 2.75) is 510 Å². The number of unbranched alkanes of at least 4 members (excludes halogenated alkanes) is 57. The first-order chi connectivity index (χ1) is 53.8. The number of carbonyl (C=O) groups excluding carboxylic acids is 4. The molecule has 0 spiro atoms. The molecule has 0 aromatic heterocycles. The fraction of sp³-hybridized carbons (Fsp3) is 0.957. The number of aliphatic hydroxyl groups is 1. The van der Waals surface area contributed by atoms with Crippen LogP contribution in [0.5, 0.6) is 0 Å². The van der Waals surface area contributed by atoms with E-state index in [4.69, 9.17) is 37.0 Å². The molecule has 0 amide bonds. The topological polar surface area (TPSA) is 237 Å². The number of ether oxygens (including phenoxy) is 4. The summed E-state index contributed by atoms with van der Waals surface area (Å²) in [5.74, 6) is 0.397. The van der Waals surface area contributed by atoms with Crippen LogP contribution in [0.25, 0.3) is 0 Å². The van der Waals surface area contributed by atoms with Gasteiger partial charge < -0.3 is 33.8 Å². The van der Waals surface area contributed by atoms with Gasteiger partial charge in [0.1, 0.15) is 19.3 Å². The second kappa shape index (κ2) is 81.8. The SMILES string of the molecule is CCCCCCCCCCCCCC(=O)OC[C@H](COP(=O)(O)OC[C@H](O)COP(=O)(O)OC[C@@H](COC(=O)CCCCCCCCCCCCCCCCCCC(C)C)OC(=O)CCCCCCCCCCCCCCCCCCCCC(C)CC)OC(=O)CCCCCCCCCCCCCCCCCCC(C)C. The van der Waals surface area contributed by atoms with E-state index in [9.17, 15) is 43.2 Å². The van der Waals surface area contributed by atoms with Crippen LogP contribution in [0.1, 0.15) is 492 Å². The highest BCUT2D eigenvalue weighted by Crippen LogP contribution is 2.45. The fourth-order valence-corrected chi connectivity index (χ4v) is 16.0. The molecule has 0 bridgehead atoms. The van der Waals surface area contributed by atoms with Crippen molar-refractivity contribution in [3.8, 4) is 0 Å². The molecule has 660 valence electrons. The van der Waals surface area contributed by atoms with Crippen LogP contribution in [0, 0.1) is 17.8 Å². The number of carbonyl (C=O) groups is 4. The minimum atomic E-state index is -4.97. The summed E-state index contributed by atoms with van der Waals surface area (Å²) in [6.45, 7) is 12.1. The maximum atomic E-state index is 13.2. The van der Waals surface area contributed by atoms with E-state index >= 15 is 0 Å². The fourth-order valence-electron chi connectivity index (χ4n) is 14.4. The summed E-state index contributed by atoms with van der Waals surface area (Å²) < 4.78 is 69.1. The summed E-state index contributed by atoms with van der Waals surface area (Å²) in [5.41, 5.74) is 0. The lowest BCUT2D eigenvalue weighted by atomic mass is 9.99. The van der Waals surface area contributed by atoms with Crippen molar-refractivity contribution < 1.29 is 80.2 Å². The number of phosphoric acid groups is 2. The van der Waals surface area contributed by atoms with E-state index in [1.807, 2.05) is 0 Å². The largest absolute Gasteiger partial charge is 0.472 e. The Kier molecular flexibility index (Phi) is 80.4. The van der Waals surface area contributed by atoms with Crippen molar-refractivity contribution >= 4 is 39.5 Å². The Morgan fingerprint density at radius 2 is 0.459 bits per heavy atom. The van der Waals surface area contributed by atoms with E-state index in [1.54, 1.807) is 0 Å². The van der Waals surface area contributed by atoms with Crippen molar-refractivity contribution in [3.63, 3.8) is 0 Å². The van der Waals surface area contributed by atoms with Gasteiger partial charge in [-0.2, -0.15) is 0 Å². The van der Waals surface area contributed by atoms with Gasteiger partial charge in [-0.15, -0.1) is 0 Å². The van der Waals surface area contributed by atoms with Crippen molar-refractivity contribution in [2.75, 3.05) is 39.6 Å². The van der Waals surface area contributed by atoms with Gasteiger partial charge in [0.25, 0.3) is 0 Å². The van der Waals surface area contributed by atoms with Crippen LogP contribution >= 0.6 is 15.6 Å². The number of phosphoric ester groups is 2. The molecular formula is C92H180O17P2. The molecule has 3 N–H and O–H groups in total. The number of hydrogen-bond acceptors (Lipinski definition) is 15. The molecule has 3 unspecified atom stereocenters. The van der Waals surface area contributed by atoms with E-state index < -0.39 is 97.5 Å². The van der Waals surface area contributed by atoms with E-state index in [0.717, 1.165) is 108 Å². The van der Waals surface area contributed by atoms with Gasteiger partial charge in [0.15, 0.2) is 12.2 Å². The van der Waals surface area contributed by atoms with Gasteiger partial charge in [0.2, 0.25) is 0 Å². The number of rotatable bonds is 90. The van der Waals surface area contributed by atoms with E-state index in [1.165, 1.54) is 302 Å². The Hall–Kier alpha value is -1.94. The molecule has 0 aromatic carbocycles. The second-order valence-corrected chi connectivity index (χ2v) is 37.2. The zero-order chi connectivity index (χ0) is 81.5. The predicted octanol–water partition coefficient (Wildman–Crippen LogP) is 28.4. The van der Waals surface area contributed by atoms with Crippen LogP contribution in [0.2, 0.25) is 0 Å². The minimum absolute atomic E-state index is 0.108. The molecule has 0 saturated carbocycles. The van der Waals surface area contributed by atoms with Crippen molar-refractivity contribution in [1.82, 2.24) is 0 Å². The Morgan fingerprint density at radius 3 is 0.685 bits per heavy atom. The monoisotopic (exact) mass is 1620 g/mol. The quantitative estimate of drug-likeness (QED) is 0.0222. The number of aliphatic hydroxyl groups excluding tert-OH is 1. The molecule has 0 radical (unpaired) electrons. The van der Waals surface area contributed by atoms with Crippen LogP contribution < -0.4 is 0 Å². The van der Waals surface area contributed by atoms with Crippen molar-refractivity contribution in [1.29, 1.82) is 0 Å². The minimum Gasteiger partial charge on any atom is -0.462 e. The van der Waals surface area contributed by atoms with Crippen LogP contribution in [0.4, 0.5) is 0 Å². The molecule has 0 fully saturated rings. The lowest BCUT2D eigenvalue weighted by molar-refractivity contribution is -0.161. The molecule has 17 nitrogen and oxygen atoms in total. The summed E-state index contributed by atoms with van der Waals surface area (Å²) in [7, 11) is -9.94. The first-order valence-corrected chi connectivity index (χ1v) is 50.4. The molecule has 6 atom stereocenters. The summed E-state index contributed by atoms with van der Waals surface area (Å²) in [4.78, 5) is 73.4. The Labute approximate surface area is 683 Å². The number of hydrogen-bond donors (Lipinski definition) is 3. The lowest BCUT2D eigenvalue weighted by Crippen LogP contribution is -2.30. The molecule has 0 aromatic rings.